The van der Waals surface area contributed by atoms with Crippen LogP contribution in [0.4, 0.5) is 0 Å². The number of furan rings is 1. The van der Waals surface area contributed by atoms with Crippen LogP contribution in [0.2, 0.25) is 0 Å². The molecule has 0 radical (unpaired) electrons. The van der Waals surface area contributed by atoms with Gasteiger partial charge in [-0.2, -0.15) is 0 Å². The highest BCUT2D eigenvalue weighted by Gasteiger charge is 2.28. The molecule has 2 N–H and O–H groups in total. The van der Waals surface area contributed by atoms with Gasteiger partial charge in [-0.25, -0.2) is 0 Å². The SMILES string of the molecule is COCC(N)C(=O)N1CCN(C(=O)c2cc3occc3s2)CC1. The van der Waals surface area contributed by atoms with Crippen molar-refractivity contribution in [3.63, 3.8) is 0 Å². The number of ether oxygens (including phenoxy) is 1. The molecule has 7 nitrogen and oxygen atoms in total. The average Bonchev–Trinajstić information content (AvgIpc) is 3.15. The van der Waals surface area contributed by atoms with Gasteiger partial charge < -0.3 is 24.7 Å². The lowest BCUT2D eigenvalue weighted by atomic mass is 10.2. The third kappa shape index (κ3) is 3.24. The van der Waals surface area contributed by atoms with Gasteiger partial charge in [0, 0.05) is 39.4 Å². The van der Waals surface area contributed by atoms with Crippen molar-refractivity contribution in [2.75, 3.05) is 39.9 Å². The van der Waals surface area contributed by atoms with Crippen LogP contribution in [0.1, 0.15) is 9.67 Å². The molecule has 23 heavy (non-hydrogen) atoms. The second kappa shape index (κ2) is 6.69. The summed E-state index contributed by atoms with van der Waals surface area (Å²) < 4.78 is 11.2. The Morgan fingerprint density at radius 2 is 2.04 bits per heavy atom. The monoisotopic (exact) mass is 337 g/mol. The van der Waals surface area contributed by atoms with Gasteiger partial charge in [0.05, 0.1) is 22.4 Å². The van der Waals surface area contributed by atoms with Crippen LogP contribution in [0.25, 0.3) is 10.3 Å². The van der Waals surface area contributed by atoms with Crippen molar-refractivity contribution in [2.24, 2.45) is 5.73 Å². The Morgan fingerprint density at radius 3 is 2.70 bits per heavy atom. The number of methoxy groups -OCH3 is 1. The van der Waals surface area contributed by atoms with Crippen LogP contribution in [-0.4, -0.2) is 67.6 Å². The molecule has 0 aliphatic carbocycles. The number of piperazine rings is 1. The Labute approximate surface area is 137 Å². The summed E-state index contributed by atoms with van der Waals surface area (Å²) in [5, 5.41) is 0. The Bertz CT molecular complexity index is 674. The first-order chi connectivity index (χ1) is 11.1. The second-order valence-corrected chi connectivity index (χ2v) is 6.52. The normalized spacial score (nSPS) is 16.8. The largest absolute Gasteiger partial charge is 0.463 e. The lowest BCUT2D eigenvalue weighted by Crippen LogP contribution is -2.55. The van der Waals surface area contributed by atoms with E-state index >= 15 is 0 Å². The maximum absolute atomic E-state index is 12.5. The van der Waals surface area contributed by atoms with E-state index in [1.54, 1.807) is 22.1 Å². The summed E-state index contributed by atoms with van der Waals surface area (Å²) in [5.41, 5.74) is 6.50. The predicted octanol–water partition coefficient (Wildman–Crippen LogP) is 0.752. The van der Waals surface area contributed by atoms with Crippen LogP contribution in [-0.2, 0) is 9.53 Å². The van der Waals surface area contributed by atoms with Crippen molar-refractivity contribution in [3.05, 3.63) is 23.3 Å². The lowest BCUT2D eigenvalue weighted by molar-refractivity contribution is -0.135. The third-order valence-corrected chi connectivity index (χ3v) is 4.96. The zero-order chi connectivity index (χ0) is 16.4. The molecule has 124 valence electrons. The number of nitrogens with zero attached hydrogens (tertiary/aromatic N) is 2. The van der Waals surface area contributed by atoms with Crippen molar-refractivity contribution >= 4 is 33.4 Å². The molecular weight excluding hydrogens is 318 g/mol. The van der Waals surface area contributed by atoms with Crippen molar-refractivity contribution in [2.45, 2.75) is 6.04 Å². The minimum Gasteiger partial charge on any atom is -0.463 e. The van der Waals surface area contributed by atoms with Gasteiger partial charge in [0.25, 0.3) is 5.91 Å². The summed E-state index contributed by atoms with van der Waals surface area (Å²) in [5.74, 6) is -0.151. The molecule has 8 heteroatoms. The molecule has 0 aromatic carbocycles. The number of hydrogen-bond donors (Lipinski definition) is 1. The summed E-state index contributed by atoms with van der Waals surface area (Å²) in [4.78, 5) is 28.8. The maximum Gasteiger partial charge on any atom is 0.264 e. The van der Waals surface area contributed by atoms with Gasteiger partial charge in [-0.05, 0) is 6.07 Å². The minimum absolute atomic E-state index is 0.0188. The average molecular weight is 337 g/mol. The van der Waals surface area contributed by atoms with Crippen molar-refractivity contribution in [1.29, 1.82) is 0 Å². The van der Waals surface area contributed by atoms with E-state index < -0.39 is 6.04 Å². The number of fused-ring (bicyclic) bond motifs is 1. The smallest absolute Gasteiger partial charge is 0.264 e. The number of rotatable bonds is 4. The summed E-state index contributed by atoms with van der Waals surface area (Å²) in [7, 11) is 1.51. The number of nitrogens with two attached hydrogens (primary N) is 1. The zero-order valence-electron chi connectivity index (χ0n) is 12.9. The van der Waals surface area contributed by atoms with E-state index in [4.69, 9.17) is 14.9 Å². The molecule has 2 amide bonds. The molecule has 1 saturated heterocycles. The van der Waals surface area contributed by atoms with Gasteiger partial charge in [-0.1, -0.05) is 0 Å². The van der Waals surface area contributed by atoms with E-state index in [9.17, 15) is 9.59 Å². The van der Waals surface area contributed by atoms with E-state index in [0.29, 0.717) is 31.1 Å². The number of carbonyl (C=O) groups is 2. The van der Waals surface area contributed by atoms with Crippen LogP contribution in [0.3, 0.4) is 0 Å². The Morgan fingerprint density at radius 1 is 1.35 bits per heavy atom. The Hall–Kier alpha value is -1.90. The molecule has 3 heterocycles. The molecular formula is C15H19N3O4S. The highest BCUT2D eigenvalue weighted by atomic mass is 32.1. The summed E-state index contributed by atoms with van der Waals surface area (Å²) in [6.07, 6.45) is 1.61. The maximum atomic E-state index is 12.5. The quantitative estimate of drug-likeness (QED) is 0.889. The number of hydrogen-bond acceptors (Lipinski definition) is 6. The van der Waals surface area contributed by atoms with E-state index in [0.717, 1.165) is 10.3 Å². The second-order valence-electron chi connectivity index (χ2n) is 5.44. The van der Waals surface area contributed by atoms with Crippen LogP contribution >= 0.6 is 11.3 Å². The van der Waals surface area contributed by atoms with Gasteiger partial charge in [0.15, 0.2) is 0 Å². The predicted molar refractivity (Wildman–Crippen MR) is 86.4 cm³/mol. The first-order valence-corrected chi connectivity index (χ1v) is 8.21. The molecule has 1 aliphatic heterocycles. The van der Waals surface area contributed by atoms with Gasteiger partial charge in [-0.3, -0.25) is 9.59 Å². The fourth-order valence-electron chi connectivity index (χ4n) is 2.64. The van der Waals surface area contributed by atoms with Gasteiger partial charge in [0.1, 0.15) is 11.6 Å². The molecule has 0 bridgehead atoms. The minimum atomic E-state index is -0.647. The lowest BCUT2D eigenvalue weighted by Gasteiger charge is -2.35. The van der Waals surface area contributed by atoms with Crippen molar-refractivity contribution in [3.8, 4) is 0 Å². The number of amides is 2. The van der Waals surface area contributed by atoms with Crippen LogP contribution in [0.15, 0.2) is 22.8 Å². The van der Waals surface area contributed by atoms with Crippen LogP contribution in [0, 0.1) is 0 Å². The van der Waals surface area contributed by atoms with E-state index in [2.05, 4.69) is 0 Å². The van der Waals surface area contributed by atoms with Gasteiger partial charge in [-0.15, -0.1) is 11.3 Å². The molecule has 1 unspecified atom stereocenters. The first-order valence-electron chi connectivity index (χ1n) is 7.39. The zero-order valence-corrected chi connectivity index (χ0v) is 13.7. The summed E-state index contributed by atoms with van der Waals surface area (Å²) >= 11 is 1.42. The molecule has 2 aromatic heterocycles. The van der Waals surface area contributed by atoms with Crippen molar-refractivity contribution < 1.29 is 18.7 Å². The molecule has 3 rings (SSSR count). The fourth-order valence-corrected chi connectivity index (χ4v) is 3.59. The molecule has 1 fully saturated rings. The number of thiophene rings is 1. The van der Waals surface area contributed by atoms with E-state index in [-0.39, 0.29) is 18.4 Å². The molecule has 0 saturated carbocycles. The van der Waals surface area contributed by atoms with Crippen molar-refractivity contribution in [1.82, 2.24) is 9.80 Å². The molecule has 1 aliphatic rings. The molecule has 1 atom stereocenters. The van der Waals surface area contributed by atoms with E-state index in [1.807, 2.05) is 6.07 Å². The topological polar surface area (TPSA) is 89.0 Å². The highest BCUT2D eigenvalue weighted by molar-refractivity contribution is 7.20. The summed E-state index contributed by atoms with van der Waals surface area (Å²) in [6.45, 7) is 2.19. The van der Waals surface area contributed by atoms with Crippen LogP contribution in [0.5, 0.6) is 0 Å². The van der Waals surface area contributed by atoms with Crippen LogP contribution < -0.4 is 5.73 Å². The van der Waals surface area contributed by atoms with E-state index in [1.165, 1.54) is 18.4 Å². The summed E-state index contributed by atoms with van der Waals surface area (Å²) in [6, 6.07) is 2.98. The Balaban J connectivity index is 1.59. The fraction of sp³-hybridized carbons (Fsp3) is 0.467. The Kier molecular flexibility index (Phi) is 4.65. The molecule has 0 spiro atoms. The van der Waals surface area contributed by atoms with Gasteiger partial charge in [0.2, 0.25) is 5.91 Å². The first kappa shape index (κ1) is 16.0. The molecule has 2 aromatic rings. The standard InChI is InChI=1S/C15H19N3O4S/c1-21-9-10(16)14(19)17-3-5-18(6-4-17)15(20)13-8-11-12(23-13)2-7-22-11/h2,7-8,10H,3-6,9,16H2,1H3. The van der Waals surface area contributed by atoms with Gasteiger partial charge >= 0.3 is 0 Å². The number of carbonyl (C=O) groups excluding carboxylic acids is 2. The third-order valence-electron chi connectivity index (χ3n) is 3.89. The highest BCUT2D eigenvalue weighted by Crippen LogP contribution is 2.27.